The summed E-state index contributed by atoms with van der Waals surface area (Å²) in [6, 6.07) is 4.88. The molecule has 0 aliphatic carbocycles. The summed E-state index contributed by atoms with van der Waals surface area (Å²) in [7, 11) is 3.15. The molecule has 3 atom stereocenters. The molecule has 2 aromatic rings. The van der Waals surface area contributed by atoms with E-state index in [1.165, 1.54) is 7.11 Å². The number of aromatic nitrogens is 2. The van der Waals surface area contributed by atoms with E-state index in [4.69, 9.17) is 9.47 Å². The number of hydrogen-bond donors (Lipinski definition) is 1. The van der Waals surface area contributed by atoms with Gasteiger partial charge in [-0.2, -0.15) is 0 Å². The average molecular weight is 467 g/mol. The molecule has 2 aromatic heterocycles. The number of likely N-dealkylation sites (N-methyl/N-ethyl adjacent to an activating group) is 1. The van der Waals surface area contributed by atoms with Gasteiger partial charge in [-0.1, -0.05) is 18.8 Å². The second-order valence-electron chi connectivity index (χ2n) is 8.40. The number of amides is 2. The Bertz CT molecular complexity index is 1070. The maximum atomic E-state index is 13.4. The number of hydrogen-bond acceptors (Lipinski definition) is 7. The lowest BCUT2D eigenvalue weighted by atomic mass is 10.00. The number of pyridine rings is 2. The van der Waals surface area contributed by atoms with Crippen LogP contribution in [0.1, 0.15) is 35.3 Å². The molecule has 1 aliphatic rings. The van der Waals surface area contributed by atoms with Gasteiger partial charge in [0.2, 0.25) is 11.8 Å². The monoisotopic (exact) mass is 466 g/mol. The smallest absolute Gasteiger partial charge is 0.259 e. The third-order valence-corrected chi connectivity index (χ3v) is 5.68. The van der Waals surface area contributed by atoms with Crippen molar-refractivity contribution in [1.82, 2.24) is 19.8 Å². The zero-order valence-corrected chi connectivity index (χ0v) is 19.9. The van der Waals surface area contributed by atoms with E-state index in [9.17, 15) is 14.7 Å². The molecule has 3 rings (SSSR count). The molecule has 2 amide bonds. The molecule has 0 aromatic carbocycles. The molecule has 0 unspecified atom stereocenters. The highest BCUT2D eigenvalue weighted by Gasteiger charge is 2.34. The van der Waals surface area contributed by atoms with Crippen LogP contribution >= 0.6 is 0 Å². The van der Waals surface area contributed by atoms with E-state index in [2.05, 4.69) is 21.8 Å². The number of carbonyl (C=O) groups excluding carboxylic acids is 2. The van der Waals surface area contributed by atoms with Crippen molar-refractivity contribution in [1.29, 1.82) is 0 Å². The third-order valence-electron chi connectivity index (χ3n) is 5.68. The number of nitrogens with zero attached hydrogens (tertiary/aromatic N) is 4. The van der Waals surface area contributed by atoms with E-state index in [0.717, 1.165) is 5.56 Å². The molecule has 34 heavy (non-hydrogen) atoms. The Balaban J connectivity index is 1.96. The molecule has 3 heterocycles. The van der Waals surface area contributed by atoms with Gasteiger partial charge in [-0.3, -0.25) is 14.6 Å². The Kier molecular flexibility index (Phi) is 8.57. The first-order valence-electron chi connectivity index (χ1n) is 11.1. The van der Waals surface area contributed by atoms with E-state index in [-0.39, 0.29) is 42.4 Å². The Labute approximate surface area is 199 Å². The van der Waals surface area contributed by atoms with Crippen molar-refractivity contribution in [3.05, 3.63) is 53.5 Å². The second-order valence-corrected chi connectivity index (χ2v) is 8.40. The number of fused-ring (bicyclic) bond motifs is 1. The highest BCUT2D eigenvalue weighted by Crippen LogP contribution is 2.27. The molecule has 1 aliphatic heterocycles. The van der Waals surface area contributed by atoms with E-state index >= 15 is 0 Å². The van der Waals surface area contributed by atoms with Gasteiger partial charge in [0.05, 0.1) is 19.2 Å². The minimum absolute atomic E-state index is 0.0302. The first-order chi connectivity index (χ1) is 16.3. The van der Waals surface area contributed by atoms with Crippen LogP contribution in [0.25, 0.3) is 0 Å². The number of aliphatic hydroxyl groups is 1. The lowest BCUT2D eigenvalue weighted by Crippen LogP contribution is -2.50. The van der Waals surface area contributed by atoms with Crippen LogP contribution in [0.4, 0.5) is 0 Å². The largest absolute Gasteiger partial charge is 0.472 e. The van der Waals surface area contributed by atoms with Crippen molar-refractivity contribution in [2.24, 2.45) is 5.92 Å². The summed E-state index contributed by atoms with van der Waals surface area (Å²) >= 11 is 0. The summed E-state index contributed by atoms with van der Waals surface area (Å²) in [5.74, 6) is 5.60. The molecular formula is C25H30N4O5. The number of carbonyl (C=O) groups is 2. The highest BCUT2D eigenvalue weighted by atomic mass is 16.5. The van der Waals surface area contributed by atoms with Crippen LogP contribution in [-0.4, -0.2) is 89.3 Å². The zero-order valence-electron chi connectivity index (χ0n) is 19.9. The van der Waals surface area contributed by atoms with Gasteiger partial charge < -0.3 is 24.4 Å². The first-order valence-corrected chi connectivity index (χ1v) is 11.1. The summed E-state index contributed by atoms with van der Waals surface area (Å²) in [6.07, 6.45) is 4.45. The Morgan fingerprint density at radius 2 is 2.15 bits per heavy atom. The molecular weight excluding hydrogens is 436 g/mol. The standard InChI is InChI=1S/C25H30N4O5/c1-17-13-29(18(2)15-30)25(32)21-10-20(8-7-19-6-5-9-26-11-19)12-27-24(21)34-22(17)14-28(3)23(31)16-33-4/h5-6,9-12,17-18,22,30H,13-16H2,1-4H3/t17-,18-,22-/m0/s1. The minimum atomic E-state index is -0.425. The average Bonchev–Trinajstić information content (AvgIpc) is 2.85. The van der Waals surface area contributed by atoms with Crippen molar-refractivity contribution in [3.63, 3.8) is 0 Å². The van der Waals surface area contributed by atoms with Gasteiger partial charge in [0.1, 0.15) is 18.3 Å². The Hall–Kier alpha value is -3.48. The number of methoxy groups -OCH3 is 1. The van der Waals surface area contributed by atoms with Crippen LogP contribution in [0.3, 0.4) is 0 Å². The first kappa shape index (κ1) is 25.1. The van der Waals surface area contributed by atoms with Crippen LogP contribution in [0.2, 0.25) is 0 Å². The van der Waals surface area contributed by atoms with Gasteiger partial charge in [-0.25, -0.2) is 4.98 Å². The molecule has 0 radical (unpaired) electrons. The molecule has 9 nitrogen and oxygen atoms in total. The predicted octanol–water partition coefficient (Wildman–Crippen LogP) is 1.20. The van der Waals surface area contributed by atoms with E-state index in [1.54, 1.807) is 54.5 Å². The fraction of sp³-hybridized carbons (Fsp3) is 0.440. The summed E-state index contributed by atoms with van der Waals surface area (Å²) in [5.41, 5.74) is 1.56. The quantitative estimate of drug-likeness (QED) is 0.638. The van der Waals surface area contributed by atoms with Crippen molar-refractivity contribution < 1.29 is 24.2 Å². The lowest BCUT2D eigenvalue weighted by molar-refractivity contribution is -0.135. The van der Waals surface area contributed by atoms with Crippen LogP contribution in [0.5, 0.6) is 5.88 Å². The summed E-state index contributed by atoms with van der Waals surface area (Å²) < 4.78 is 11.1. The summed E-state index contributed by atoms with van der Waals surface area (Å²) in [5, 5.41) is 9.77. The maximum absolute atomic E-state index is 13.4. The van der Waals surface area contributed by atoms with Crippen molar-refractivity contribution in [2.75, 3.05) is 40.5 Å². The fourth-order valence-corrected chi connectivity index (χ4v) is 3.58. The van der Waals surface area contributed by atoms with Gasteiger partial charge in [0.25, 0.3) is 5.91 Å². The Morgan fingerprint density at radius 1 is 1.38 bits per heavy atom. The van der Waals surface area contributed by atoms with Gasteiger partial charge in [-0.05, 0) is 25.1 Å². The van der Waals surface area contributed by atoms with Crippen molar-refractivity contribution >= 4 is 11.8 Å². The van der Waals surface area contributed by atoms with Gasteiger partial charge in [0.15, 0.2) is 0 Å². The molecule has 1 N–H and O–H groups in total. The number of rotatable bonds is 6. The molecule has 0 bridgehead atoms. The van der Waals surface area contributed by atoms with Gasteiger partial charge in [-0.15, -0.1) is 0 Å². The molecule has 0 spiro atoms. The van der Waals surface area contributed by atoms with E-state index < -0.39 is 12.1 Å². The normalized spacial score (nSPS) is 18.5. The van der Waals surface area contributed by atoms with Crippen LogP contribution in [0.15, 0.2) is 36.8 Å². The second kappa shape index (κ2) is 11.6. The van der Waals surface area contributed by atoms with Crippen LogP contribution in [-0.2, 0) is 9.53 Å². The zero-order chi connectivity index (χ0) is 24.7. The summed E-state index contributed by atoms with van der Waals surface area (Å²) in [6.45, 7) is 4.17. The minimum Gasteiger partial charge on any atom is -0.472 e. The topological polar surface area (TPSA) is 105 Å². The number of ether oxygens (including phenoxy) is 2. The summed E-state index contributed by atoms with van der Waals surface area (Å²) in [4.78, 5) is 37.3. The fourth-order valence-electron chi connectivity index (χ4n) is 3.58. The van der Waals surface area contributed by atoms with Crippen molar-refractivity contribution in [3.8, 4) is 17.7 Å². The third kappa shape index (κ3) is 6.10. The van der Waals surface area contributed by atoms with E-state index in [1.807, 2.05) is 13.0 Å². The molecule has 9 heteroatoms. The highest BCUT2D eigenvalue weighted by molar-refractivity contribution is 5.97. The molecule has 0 saturated carbocycles. The van der Waals surface area contributed by atoms with Crippen LogP contribution < -0.4 is 4.74 Å². The number of aliphatic hydroxyl groups excluding tert-OH is 1. The van der Waals surface area contributed by atoms with Gasteiger partial charge >= 0.3 is 0 Å². The molecule has 180 valence electrons. The van der Waals surface area contributed by atoms with Crippen LogP contribution in [0, 0.1) is 17.8 Å². The maximum Gasteiger partial charge on any atom is 0.259 e. The SMILES string of the molecule is COCC(=O)N(C)C[C@@H]1Oc2ncc(C#Cc3cccnc3)cc2C(=O)N([C@@H](C)CO)C[C@@H]1C. The molecule has 0 saturated heterocycles. The molecule has 0 fully saturated rings. The Morgan fingerprint density at radius 3 is 2.82 bits per heavy atom. The van der Waals surface area contributed by atoms with Gasteiger partial charge in [0, 0.05) is 56.3 Å². The predicted molar refractivity (Wildman–Crippen MR) is 125 cm³/mol. The lowest BCUT2D eigenvalue weighted by Gasteiger charge is -2.37. The van der Waals surface area contributed by atoms with Crippen molar-refractivity contribution in [2.45, 2.75) is 26.0 Å². The van der Waals surface area contributed by atoms with E-state index in [0.29, 0.717) is 18.7 Å².